The quantitative estimate of drug-likeness (QED) is 0.665. The van der Waals surface area contributed by atoms with Gasteiger partial charge in [0, 0.05) is 30.6 Å². The molecule has 1 aliphatic rings. The summed E-state index contributed by atoms with van der Waals surface area (Å²) in [5, 5.41) is 1.87. The van der Waals surface area contributed by atoms with E-state index in [1.807, 2.05) is 5.32 Å². The molecule has 0 unspecified atom stereocenters. The topological polar surface area (TPSA) is 49.4 Å². The van der Waals surface area contributed by atoms with Crippen molar-refractivity contribution in [3.8, 4) is 0 Å². The van der Waals surface area contributed by atoms with E-state index in [1.165, 1.54) is 29.2 Å². The number of piperidine rings is 1. The summed E-state index contributed by atoms with van der Waals surface area (Å²) in [4.78, 5) is 25.3. The summed E-state index contributed by atoms with van der Waals surface area (Å²) in [7, 11) is 0. The van der Waals surface area contributed by atoms with Crippen molar-refractivity contribution in [3.63, 3.8) is 0 Å². The summed E-state index contributed by atoms with van der Waals surface area (Å²) in [6, 6.07) is 6.02. The van der Waals surface area contributed by atoms with Gasteiger partial charge in [0.05, 0.1) is 0 Å². The Morgan fingerprint density at radius 1 is 1.20 bits per heavy atom. The van der Waals surface area contributed by atoms with Crippen LogP contribution in [0.25, 0.3) is 6.08 Å². The summed E-state index contributed by atoms with van der Waals surface area (Å²) in [5.41, 5.74) is 0.289. The molecule has 0 aromatic heterocycles. The van der Waals surface area contributed by atoms with Gasteiger partial charge in [-0.1, -0.05) is 18.2 Å². The maximum absolute atomic E-state index is 13.5. The van der Waals surface area contributed by atoms with Crippen LogP contribution in [-0.4, -0.2) is 42.5 Å². The minimum atomic E-state index is -4.44. The highest BCUT2D eigenvalue weighted by molar-refractivity contribution is 5.92. The van der Waals surface area contributed by atoms with Crippen LogP contribution >= 0.6 is 0 Å². The van der Waals surface area contributed by atoms with Crippen LogP contribution < -0.4 is 5.32 Å². The fraction of sp³-hybridized carbons (Fsp3) is 0.412. The Kier molecular flexibility index (Phi) is 6.17. The fourth-order valence-corrected chi connectivity index (χ4v) is 2.57. The summed E-state index contributed by atoms with van der Waals surface area (Å²) in [6.45, 7) is -0.814. The SMILES string of the molecule is O=C(NCC(F)(F)F)C1CCN(C(=O)C=Cc2ccccc2F)CC1. The van der Waals surface area contributed by atoms with Crippen molar-refractivity contribution in [2.75, 3.05) is 19.6 Å². The maximum atomic E-state index is 13.5. The number of nitrogens with one attached hydrogen (secondary N) is 1. The third-order valence-electron chi connectivity index (χ3n) is 3.95. The second kappa shape index (κ2) is 8.13. The van der Waals surface area contributed by atoms with Crippen LogP contribution in [0.2, 0.25) is 0 Å². The molecule has 0 spiro atoms. The smallest absolute Gasteiger partial charge is 0.347 e. The largest absolute Gasteiger partial charge is 0.405 e. The van der Waals surface area contributed by atoms with Gasteiger partial charge in [-0.25, -0.2) is 4.39 Å². The molecule has 1 N–H and O–H groups in total. The number of carbonyl (C=O) groups excluding carboxylic acids is 2. The highest BCUT2D eigenvalue weighted by atomic mass is 19.4. The first-order valence-electron chi connectivity index (χ1n) is 7.82. The highest BCUT2D eigenvalue weighted by Gasteiger charge is 2.31. The van der Waals surface area contributed by atoms with Gasteiger partial charge in [0.2, 0.25) is 11.8 Å². The first-order valence-corrected chi connectivity index (χ1v) is 7.82. The van der Waals surface area contributed by atoms with E-state index < -0.39 is 30.4 Å². The Morgan fingerprint density at radius 3 is 2.44 bits per heavy atom. The first-order chi connectivity index (χ1) is 11.8. The number of hydrogen-bond acceptors (Lipinski definition) is 2. The average molecular weight is 358 g/mol. The summed E-state index contributed by atoms with van der Waals surface area (Å²) in [5.74, 6) is -1.95. The van der Waals surface area contributed by atoms with Crippen LogP contribution in [0.3, 0.4) is 0 Å². The molecule has 2 amide bonds. The molecule has 0 saturated carbocycles. The molecule has 1 saturated heterocycles. The lowest BCUT2D eigenvalue weighted by Gasteiger charge is -2.30. The number of carbonyl (C=O) groups is 2. The number of rotatable bonds is 4. The van der Waals surface area contributed by atoms with Crippen LogP contribution in [0.5, 0.6) is 0 Å². The van der Waals surface area contributed by atoms with Crippen LogP contribution in [0.15, 0.2) is 30.3 Å². The normalized spacial score (nSPS) is 16.2. The number of likely N-dealkylation sites (tertiary alicyclic amines) is 1. The second-order valence-corrected chi connectivity index (χ2v) is 5.79. The van der Waals surface area contributed by atoms with Gasteiger partial charge in [-0.05, 0) is 25.0 Å². The van der Waals surface area contributed by atoms with Gasteiger partial charge in [-0.3, -0.25) is 9.59 Å². The second-order valence-electron chi connectivity index (χ2n) is 5.79. The molecule has 0 bridgehead atoms. The van der Waals surface area contributed by atoms with Crippen molar-refractivity contribution in [3.05, 3.63) is 41.7 Å². The van der Waals surface area contributed by atoms with E-state index in [4.69, 9.17) is 0 Å². The monoisotopic (exact) mass is 358 g/mol. The van der Waals surface area contributed by atoms with E-state index in [0.717, 1.165) is 0 Å². The number of nitrogens with zero attached hydrogens (tertiary/aromatic N) is 1. The molecular formula is C17H18F4N2O2. The molecule has 1 aliphatic heterocycles. The van der Waals surface area contributed by atoms with E-state index in [0.29, 0.717) is 12.8 Å². The molecule has 136 valence electrons. The van der Waals surface area contributed by atoms with Gasteiger partial charge in [0.1, 0.15) is 12.4 Å². The van der Waals surface area contributed by atoms with Crippen molar-refractivity contribution in [1.29, 1.82) is 0 Å². The lowest BCUT2D eigenvalue weighted by molar-refractivity contribution is -0.142. The summed E-state index contributed by atoms with van der Waals surface area (Å²) < 4.78 is 49.8. The number of hydrogen-bond donors (Lipinski definition) is 1. The van der Waals surface area contributed by atoms with Gasteiger partial charge in [-0.15, -0.1) is 0 Å². The van der Waals surface area contributed by atoms with Crippen molar-refractivity contribution >= 4 is 17.9 Å². The molecule has 4 nitrogen and oxygen atoms in total. The molecule has 0 atom stereocenters. The average Bonchev–Trinajstić information content (AvgIpc) is 2.58. The van der Waals surface area contributed by atoms with E-state index >= 15 is 0 Å². The molecule has 1 aromatic carbocycles. The standard InChI is InChI=1S/C17H18F4N2O2/c18-14-4-2-1-3-12(14)5-6-15(24)23-9-7-13(8-10-23)16(25)22-11-17(19,20)21/h1-6,13H,7-11H2,(H,22,25). The molecule has 1 heterocycles. The van der Waals surface area contributed by atoms with E-state index in [1.54, 1.807) is 12.1 Å². The zero-order valence-corrected chi connectivity index (χ0v) is 13.4. The molecule has 25 heavy (non-hydrogen) atoms. The van der Waals surface area contributed by atoms with E-state index in [9.17, 15) is 27.2 Å². The van der Waals surface area contributed by atoms with Crippen LogP contribution in [0.4, 0.5) is 17.6 Å². The molecular weight excluding hydrogens is 340 g/mol. The predicted molar refractivity (Wildman–Crippen MR) is 83.8 cm³/mol. The lowest BCUT2D eigenvalue weighted by Crippen LogP contribution is -2.44. The number of alkyl halides is 3. The first kappa shape index (κ1) is 19.0. The Bertz CT molecular complexity index is 650. The summed E-state index contributed by atoms with van der Waals surface area (Å²) in [6.07, 6.45) is -1.22. The van der Waals surface area contributed by atoms with Crippen LogP contribution in [-0.2, 0) is 9.59 Å². The molecule has 1 fully saturated rings. The molecule has 2 rings (SSSR count). The highest BCUT2D eigenvalue weighted by Crippen LogP contribution is 2.19. The molecule has 8 heteroatoms. The Labute approximate surface area is 142 Å². The van der Waals surface area contributed by atoms with Gasteiger partial charge in [0.15, 0.2) is 0 Å². The minimum Gasteiger partial charge on any atom is -0.347 e. The van der Waals surface area contributed by atoms with Crippen molar-refractivity contribution < 1.29 is 27.2 Å². The van der Waals surface area contributed by atoms with Crippen molar-refractivity contribution in [2.45, 2.75) is 19.0 Å². The van der Waals surface area contributed by atoms with Gasteiger partial charge >= 0.3 is 6.18 Å². The molecule has 0 aliphatic carbocycles. The van der Waals surface area contributed by atoms with Gasteiger partial charge in [-0.2, -0.15) is 13.2 Å². The molecule has 1 aromatic rings. The van der Waals surface area contributed by atoms with Crippen LogP contribution in [0, 0.1) is 11.7 Å². The molecule has 0 radical (unpaired) electrons. The van der Waals surface area contributed by atoms with Gasteiger partial charge < -0.3 is 10.2 Å². The maximum Gasteiger partial charge on any atom is 0.405 e. The summed E-state index contributed by atoms with van der Waals surface area (Å²) >= 11 is 0. The van der Waals surface area contributed by atoms with Crippen LogP contribution in [0.1, 0.15) is 18.4 Å². The lowest BCUT2D eigenvalue weighted by atomic mass is 9.96. The van der Waals surface area contributed by atoms with Crippen molar-refractivity contribution in [1.82, 2.24) is 10.2 Å². The Hall–Kier alpha value is -2.38. The fourth-order valence-electron chi connectivity index (χ4n) is 2.57. The third-order valence-corrected chi connectivity index (χ3v) is 3.95. The van der Waals surface area contributed by atoms with Crippen molar-refractivity contribution in [2.24, 2.45) is 5.92 Å². The Balaban J connectivity index is 1.82. The van der Waals surface area contributed by atoms with E-state index in [2.05, 4.69) is 0 Å². The third kappa shape index (κ3) is 5.88. The zero-order chi connectivity index (χ0) is 18.4. The zero-order valence-electron chi connectivity index (χ0n) is 13.4. The number of benzene rings is 1. The predicted octanol–water partition coefficient (Wildman–Crippen LogP) is 2.76. The number of halogens is 4. The van der Waals surface area contributed by atoms with E-state index in [-0.39, 0.29) is 24.6 Å². The Morgan fingerprint density at radius 2 is 1.84 bits per heavy atom. The van der Waals surface area contributed by atoms with Gasteiger partial charge in [0.25, 0.3) is 0 Å². The number of amides is 2. The minimum absolute atomic E-state index is 0.268.